The van der Waals surface area contributed by atoms with Crippen LogP contribution in [0.5, 0.6) is 11.5 Å². The van der Waals surface area contributed by atoms with Crippen molar-refractivity contribution in [3.05, 3.63) is 54.4 Å². The van der Waals surface area contributed by atoms with Gasteiger partial charge >= 0.3 is 0 Å². The molecule has 0 aliphatic rings. The van der Waals surface area contributed by atoms with E-state index in [-0.39, 0.29) is 5.91 Å². The number of amides is 1. The van der Waals surface area contributed by atoms with Gasteiger partial charge in [0.2, 0.25) is 5.91 Å². The summed E-state index contributed by atoms with van der Waals surface area (Å²) in [6.45, 7) is 0.870. The number of ether oxygens (including phenoxy) is 2. The van der Waals surface area contributed by atoms with E-state index < -0.39 is 0 Å². The maximum atomic E-state index is 12.0. The Hall–Kier alpha value is -3.02. The highest BCUT2D eigenvalue weighted by atomic mass is 16.5. The summed E-state index contributed by atoms with van der Waals surface area (Å²) < 4.78 is 10.7. The maximum absolute atomic E-state index is 12.0. The smallest absolute Gasteiger partial charge is 0.224 e. The molecule has 0 unspecified atom stereocenters. The summed E-state index contributed by atoms with van der Waals surface area (Å²) in [6, 6.07) is 13.1. The second kappa shape index (κ2) is 7.50. The Morgan fingerprint density at radius 2 is 1.96 bits per heavy atom. The minimum absolute atomic E-state index is 0.0350. The van der Waals surface area contributed by atoms with Crippen molar-refractivity contribution < 1.29 is 14.3 Å². The van der Waals surface area contributed by atoms with Gasteiger partial charge in [0.25, 0.3) is 0 Å². The lowest BCUT2D eigenvalue weighted by atomic mass is 10.1. The van der Waals surface area contributed by atoms with Gasteiger partial charge in [-0.3, -0.25) is 4.79 Å². The molecule has 1 heterocycles. The Kier molecular flexibility index (Phi) is 4.96. The van der Waals surface area contributed by atoms with Gasteiger partial charge in [-0.2, -0.15) is 0 Å². The molecule has 2 N–H and O–H groups in total. The molecule has 3 rings (SSSR count). The SMILES string of the molecule is COc1ccc(OCCNC(=O)Cc2ccc3nc[nH]c3c2)cc1. The van der Waals surface area contributed by atoms with Crippen LogP contribution in [-0.4, -0.2) is 36.1 Å². The van der Waals surface area contributed by atoms with Crippen LogP contribution in [0.1, 0.15) is 5.56 Å². The number of methoxy groups -OCH3 is 1. The number of nitrogens with zero attached hydrogens (tertiary/aromatic N) is 1. The molecule has 0 aliphatic carbocycles. The van der Waals surface area contributed by atoms with Crippen LogP contribution < -0.4 is 14.8 Å². The number of aromatic nitrogens is 2. The summed E-state index contributed by atoms with van der Waals surface area (Å²) in [4.78, 5) is 19.2. The first-order valence-electron chi connectivity index (χ1n) is 7.70. The highest BCUT2D eigenvalue weighted by Crippen LogP contribution is 2.16. The van der Waals surface area contributed by atoms with Gasteiger partial charge in [-0.15, -0.1) is 0 Å². The molecule has 0 aliphatic heterocycles. The van der Waals surface area contributed by atoms with E-state index in [1.807, 2.05) is 42.5 Å². The largest absolute Gasteiger partial charge is 0.497 e. The minimum Gasteiger partial charge on any atom is -0.497 e. The van der Waals surface area contributed by atoms with E-state index in [4.69, 9.17) is 9.47 Å². The lowest BCUT2D eigenvalue weighted by Crippen LogP contribution is -2.29. The van der Waals surface area contributed by atoms with Gasteiger partial charge in [0, 0.05) is 0 Å². The summed E-state index contributed by atoms with van der Waals surface area (Å²) in [5.41, 5.74) is 2.77. The van der Waals surface area contributed by atoms with Crippen molar-refractivity contribution in [2.24, 2.45) is 0 Å². The van der Waals surface area contributed by atoms with Crippen molar-refractivity contribution in [2.75, 3.05) is 20.3 Å². The Morgan fingerprint density at radius 1 is 1.17 bits per heavy atom. The maximum Gasteiger partial charge on any atom is 0.224 e. The van der Waals surface area contributed by atoms with E-state index in [0.717, 1.165) is 28.1 Å². The molecule has 0 fully saturated rings. The Bertz CT molecular complexity index is 812. The summed E-state index contributed by atoms with van der Waals surface area (Å²) in [5.74, 6) is 1.49. The number of benzene rings is 2. The summed E-state index contributed by atoms with van der Waals surface area (Å²) in [5, 5.41) is 2.85. The number of H-pyrrole nitrogens is 1. The van der Waals surface area contributed by atoms with Crippen molar-refractivity contribution in [3.8, 4) is 11.5 Å². The number of carbonyl (C=O) groups excluding carboxylic acids is 1. The minimum atomic E-state index is -0.0350. The van der Waals surface area contributed by atoms with E-state index in [2.05, 4.69) is 15.3 Å². The molecule has 0 saturated heterocycles. The second-order valence-electron chi connectivity index (χ2n) is 5.30. The fraction of sp³-hybridized carbons (Fsp3) is 0.222. The van der Waals surface area contributed by atoms with E-state index in [1.165, 1.54) is 0 Å². The van der Waals surface area contributed by atoms with Gasteiger partial charge in [-0.25, -0.2) is 4.98 Å². The average Bonchev–Trinajstić information content (AvgIpc) is 3.07. The number of rotatable bonds is 7. The van der Waals surface area contributed by atoms with Crippen molar-refractivity contribution >= 4 is 16.9 Å². The molecule has 0 saturated carbocycles. The number of fused-ring (bicyclic) bond motifs is 1. The lowest BCUT2D eigenvalue weighted by molar-refractivity contribution is -0.120. The van der Waals surface area contributed by atoms with Crippen LogP contribution in [0.2, 0.25) is 0 Å². The Morgan fingerprint density at radius 3 is 2.75 bits per heavy atom. The van der Waals surface area contributed by atoms with Gasteiger partial charge in [-0.05, 0) is 42.0 Å². The topological polar surface area (TPSA) is 76.2 Å². The van der Waals surface area contributed by atoms with Gasteiger partial charge in [0.15, 0.2) is 0 Å². The standard InChI is InChI=1S/C18H19N3O3/c1-23-14-3-5-15(6-4-14)24-9-8-19-18(22)11-13-2-7-16-17(10-13)21-12-20-16/h2-7,10,12H,8-9,11H2,1H3,(H,19,22)(H,20,21). The van der Waals surface area contributed by atoms with Gasteiger partial charge in [0.1, 0.15) is 18.1 Å². The monoisotopic (exact) mass is 325 g/mol. The van der Waals surface area contributed by atoms with Crippen molar-refractivity contribution in [3.63, 3.8) is 0 Å². The molecule has 0 bridgehead atoms. The van der Waals surface area contributed by atoms with E-state index >= 15 is 0 Å². The number of nitrogens with one attached hydrogen (secondary N) is 2. The third kappa shape index (κ3) is 4.04. The number of carbonyl (C=O) groups is 1. The zero-order valence-corrected chi connectivity index (χ0v) is 13.4. The van der Waals surface area contributed by atoms with Crippen molar-refractivity contribution in [2.45, 2.75) is 6.42 Å². The normalized spacial score (nSPS) is 10.5. The molecule has 0 radical (unpaired) electrons. The number of hydrogen-bond donors (Lipinski definition) is 2. The Labute approximate surface area is 139 Å². The first-order chi connectivity index (χ1) is 11.7. The van der Waals surface area contributed by atoms with E-state index in [1.54, 1.807) is 13.4 Å². The van der Waals surface area contributed by atoms with E-state index in [0.29, 0.717) is 19.6 Å². The van der Waals surface area contributed by atoms with Gasteiger partial charge < -0.3 is 19.8 Å². The van der Waals surface area contributed by atoms with Crippen molar-refractivity contribution in [1.82, 2.24) is 15.3 Å². The third-order valence-electron chi connectivity index (χ3n) is 3.60. The van der Waals surface area contributed by atoms with Crippen LogP contribution >= 0.6 is 0 Å². The molecule has 1 amide bonds. The summed E-state index contributed by atoms with van der Waals surface area (Å²) in [7, 11) is 1.62. The second-order valence-corrected chi connectivity index (χ2v) is 5.30. The summed E-state index contributed by atoms with van der Waals surface area (Å²) in [6.07, 6.45) is 1.97. The molecule has 3 aromatic rings. The summed E-state index contributed by atoms with van der Waals surface area (Å²) >= 11 is 0. The first-order valence-corrected chi connectivity index (χ1v) is 7.70. The van der Waals surface area contributed by atoms with Crippen LogP contribution in [0, 0.1) is 0 Å². The van der Waals surface area contributed by atoms with Crippen LogP contribution in [0.4, 0.5) is 0 Å². The first kappa shape index (κ1) is 15.9. The van der Waals surface area contributed by atoms with Gasteiger partial charge in [0.05, 0.1) is 37.4 Å². The number of aromatic amines is 1. The fourth-order valence-electron chi connectivity index (χ4n) is 2.37. The average molecular weight is 325 g/mol. The fourth-order valence-corrected chi connectivity index (χ4v) is 2.37. The molecule has 6 nitrogen and oxygen atoms in total. The van der Waals surface area contributed by atoms with Crippen LogP contribution in [0.15, 0.2) is 48.8 Å². The van der Waals surface area contributed by atoms with Crippen LogP contribution in [0.25, 0.3) is 11.0 Å². The molecule has 124 valence electrons. The number of hydrogen-bond acceptors (Lipinski definition) is 4. The number of imidazole rings is 1. The van der Waals surface area contributed by atoms with Crippen LogP contribution in [-0.2, 0) is 11.2 Å². The molecule has 2 aromatic carbocycles. The molecule has 24 heavy (non-hydrogen) atoms. The Balaban J connectivity index is 1.41. The lowest BCUT2D eigenvalue weighted by Gasteiger charge is -2.08. The highest BCUT2D eigenvalue weighted by Gasteiger charge is 2.05. The van der Waals surface area contributed by atoms with E-state index in [9.17, 15) is 4.79 Å². The van der Waals surface area contributed by atoms with Crippen molar-refractivity contribution in [1.29, 1.82) is 0 Å². The molecule has 0 atom stereocenters. The zero-order valence-electron chi connectivity index (χ0n) is 13.4. The quantitative estimate of drug-likeness (QED) is 0.654. The molecule has 1 aromatic heterocycles. The molecule has 6 heteroatoms. The highest BCUT2D eigenvalue weighted by molar-refractivity contribution is 5.81. The van der Waals surface area contributed by atoms with Gasteiger partial charge in [-0.1, -0.05) is 6.07 Å². The molecular formula is C18H19N3O3. The third-order valence-corrected chi connectivity index (χ3v) is 3.60. The van der Waals surface area contributed by atoms with Crippen LogP contribution in [0.3, 0.4) is 0 Å². The molecule has 0 spiro atoms. The predicted octanol–water partition coefficient (Wildman–Crippen LogP) is 2.31. The molecular weight excluding hydrogens is 306 g/mol. The zero-order chi connectivity index (χ0) is 16.8. The predicted molar refractivity (Wildman–Crippen MR) is 91.3 cm³/mol.